The predicted molar refractivity (Wildman–Crippen MR) is 82.8 cm³/mol. The van der Waals surface area contributed by atoms with Gasteiger partial charge in [-0.1, -0.05) is 51.1 Å². The topological polar surface area (TPSA) is 33.1 Å². The summed E-state index contributed by atoms with van der Waals surface area (Å²) in [6, 6.07) is 10.5. The van der Waals surface area contributed by atoms with E-state index in [1.165, 1.54) is 5.56 Å². The molecule has 0 spiro atoms. The van der Waals surface area contributed by atoms with E-state index in [1.807, 2.05) is 13.0 Å². The average Bonchev–Trinajstić information content (AvgIpc) is 2.38. The third-order valence-electron chi connectivity index (χ3n) is 3.53. The van der Waals surface area contributed by atoms with Crippen LogP contribution in [0, 0.1) is 6.92 Å². The maximum atomic E-state index is 10.3. The largest absolute Gasteiger partial charge is 0.388 e. The molecule has 0 aliphatic carbocycles. The Kier molecular flexibility index (Phi) is 4.24. The molecule has 0 amide bonds. The van der Waals surface area contributed by atoms with Crippen molar-refractivity contribution in [1.82, 2.24) is 4.98 Å². The molecule has 0 aliphatic heterocycles. The highest BCUT2D eigenvalue weighted by Crippen LogP contribution is 2.24. The van der Waals surface area contributed by atoms with Crippen LogP contribution in [0.2, 0.25) is 0 Å². The number of aryl methyl sites for hydroxylation is 1. The Labute approximate surface area is 121 Å². The van der Waals surface area contributed by atoms with Crippen LogP contribution in [0.4, 0.5) is 0 Å². The van der Waals surface area contributed by atoms with Gasteiger partial charge in [0.2, 0.25) is 0 Å². The molecule has 0 saturated carbocycles. The van der Waals surface area contributed by atoms with Crippen molar-refractivity contribution in [3.05, 3.63) is 65.0 Å². The van der Waals surface area contributed by atoms with E-state index in [9.17, 15) is 5.11 Å². The molecule has 1 N–H and O–H groups in total. The lowest BCUT2D eigenvalue weighted by Crippen LogP contribution is -2.11. The maximum Gasteiger partial charge on any atom is 0.0845 e. The SMILES string of the molecule is Cc1cncc(C(O)Cc2ccc(C(C)(C)C)cc2)c1. The summed E-state index contributed by atoms with van der Waals surface area (Å²) in [5, 5.41) is 10.3. The Balaban J connectivity index is 2.10. The number of rotatable bonds is 3. The van der Waals surface area contributed by atoms with Crippen molar-refractivity contribution in [1.29, 1.82) is 0 Å². The Hall–Kier alpha value is -1.67. The van der Waals surface area contributed by atoms with Gasteiger partial charge in [0.15, 0.2) is 0 Å². The summed E-state index contributed by atoms with van der Waals surface area (Å²) < 4.78 is 0. The molecule has 0 fully saturated rings. The van der Waals surface area contributed by atoms with Gasteiger partial charge in [0.25, 0.3) is 0 Å². The normalized spacial score (nSPS) is 13.2. The summed E-state index contributed by atoms with van der Waals surface area (Å²) in [5.41, 5.74) is 4.58. The Morgan fingerprint density at radius 3 is 2.30 bits per heavy atom. The smallest absolute Gasteiger partial charge is 0.0845 e. The van der Waals surface area contributed by atoms with Crippen molar-refractivity contribution in [2.75, 3.05) is 0 Å². The molecule has 0 saturated heterocycles. The summed E-state index contributed by atoms with van der Waals surface area (Å²) in [7, 11) is 0. The minimum Gasteiger partial charge on any atom is -0.388 e. The van der Waals surface area contributed by atoms with Gasteiger partial charge in [0, 0.05) is 18.8 Å². The van der Waals surface area contributed by atoms with Crippen LogP contribution in [0.5, 0.6) is 0 Å². The lowest BCUT2D eigenvalue weighted by molar-refractivity contribution is 0.178. The number of aromatic nitrogens is 1. The quantitative estimate of drug-likeness (QED) is 0.914. The minimum atomic E-state index is -0.497. The highest BCUT2D eigenvalue weighted by molar-refractivity contribution is 5.29. The number of nitrogens with zero attached hydrogens (tertiary/aromatic N) is 1. The van der Waals surface area contributed by atoms with Gasteiger partial charge in [-0.05, 0) is 34.6 Å². The first-order chi connectivity index (χ1) is 9.36. The van der Waals surface area contributed by atoms with Crippen LogP contribution in [0.1, 0.15) is 49.1 Å². The molecule has 1 aromatic heterocycles. The van der Waals surface area contributed by atoms with Gasteiger partial charge in [-0.15, -0.1) is 0 Å². The molecule has 106 valence electrons. The van der Waals surface area contributed by atoms with Crippen LogP contribution in [0.25, 0.3) is 0 Å². The lowest BCUT2D eigenvalue weighted by atomic mass is 9.86. The first-order valence-electron chi connectivity index (χ1n) is 7.05. The molecule has 2 aromatic rings. The number of pyridine rings is 1. The molecular formula is C18H23NO. The van der Waals surface area contributed by atoms with E-state index < -0.39 is 6.10 Å². The molecule has 2 rings (SSSR count). The van der Waals surface area contributed by atoms with Gasteiger partial charge in [-0.2, -0.15) is 0 Å². The number of aliphatic hydroxyl groups is 1. The van der Waals surface area contributed by atoms with E-state index in [2.05, 4.69) is 50.0 Å². The number of aliphatic hydroxyl groups excluding tert-OH is 1. The zero-order chi connectivity index (χ0) is 14.8. The third-order valence-corrected chi connectivity index (χ3v) is 3.53. The zero-order valence-corrected chi connectivity index (χ0v) is 12.7. The van der Waals surface area contributed by atoms with Gasteiger partial charge >= 0.3 is 0 Å². The van der Waals surface area contributed by atoms with Gasteiger partial charge in [-0.25, -0.2) is 0 Å². The molecule has 1 atom stereocenters. The summed E-state index contributed by atoms with van der Waals surface area (Å²) in [5.74, 6) is 0. The van der Waals surface area contributed by atoms with Crippen molar-refractivity contribution < 1.29 is 5.11 Å². The number of hydrogen-bond acceptors (Lipinski definition) is 2. The van der Waals surface area contributed by atoms with E-state index >= 15 is 0 Å². The average molecular weight is 269 g/mol. The van der Waals surface area contributed by atoms with E-state index in [0.717, 1.165) is 16.7 Å². The molecule has 0 radical (unpaired) electrons. The van der Waals surface area contributed by atoms with E-state index in [-0.39, 0.29) is 5.41 Å². The molecule has 0 bridgehead atoms. The van der Waals surface area contributed by atoms with Gasteiger partial charge in [0.1, 0.15) is 0 Å². The summed E-state index contributed by atoms with van der Waals surface area (Å²) in [4.78, 5) is 4.13. The first-order valence-corrected chi connectivity index (χ1v) is 7.05. The lowest BCUT2D eigenvalue weighted by Gasteiger charge is -2.19. The van der Waals surface area contributed by atoms with Gasteiger partial charge in [-0.3, -0.25) is 4.98 Å². The van der Waals surface area contributed by atoms with Crippen LogP contribution < -0.4 is 0 Å². The predicted octanol–water partition coefficient (Wildman–Crippen LogP) is 3.96. The molecule has 2 heteroatoms. The van der Waals surface area contributed by atoms with Crippen LogP contribution in [0.3, 0.4) is 0 Å². The fourth-order valence-corrected chi connectivity index (χ4v) is 2.24. The van der Waals surface area contributed by atoms with Crippen molar-refractivity contribution in [2.24, 2.45) is 0 Å². The Morgan fingerprint density at radius 2 is 1.75 bits per heavy atom. The highest BCUT2D eigenvalue weighted by atomic mass is 16.3. The second-order valence-corrected chi connectivity index (χ2v) is 6.46. The Morgan fingerprint density at radius 1 is 1.10 bits per heavy atom. The van der Waals surface area contributed by atoms with E-state index in [1.54, 1.807) is 12.4 Å². The number of hydrogen-bond donors (Lipinski definition) is 1. The van der Waals surface area contributed by atoms with Crippen LogP contribution in [0.15, 0.2) is 42.7 Å². The highest BCUT2D eigenvalue weighted by Gasteiger charge is 2.14. The number of benzene rings is 1. The Bertz CT molecular complexity index is 567. The van der Waals surface area contributed by atoms with Crippen molar-refractivity contribution in [2.45, 2.75) is 45.6 Å². The maximum absolute atomic E-state index is 10.3. The molecule has 1 aromatic carbocycles. The van der Waals surface area contributed by atoms with Crippen LogP contribution in [-0.4, -0.2) is 10.1 Å². The second kappa shape index (κ2) is 5.76. The summed E-state index contributed by atoms with van der Waals surface area (Å²) in [6.07, 6.45) is 3.66. The zero-order valence-electron chi connectivity index (χ0n) is 12.7. The molecule has 20 heavy (non-hydrogen) atoms. The van der Waals surface area contributed by atoms with Crippen LogP contribution >= 0.6 is 0 Å². The molecule has 2 nitrogen and oxygen atoms in total. The van der Waals surface area contributed by atoms with E-state index in [0.29, 0.717) is 6.42 Å². The van der Waals surface area contributed by atoms with Crippen LogP contribution in [-0.2, 0) is 11.8 Å². The second-order valence-electron chi connectivity index (χ2n) is 6.46. The fourth-order valence-electron chi connectivity index (χ4n) is 2.24. The minimum absolute atomic E-state index is 0.164. The summed E-state index contributed by atoms with van der Waals surface area (Å²) in [6.45, 7) is 8.60. The van der Waals surface area contributed by atoms with Crippen molar-refractivity contribution >= 4 is 0 Å². The van der Waals surface area contributed by atoms with Crippen molar-refractivity contribution in [3.8, 4) is 0 Å². The fraction of sp³-hybridized carbons (Fsp3) is 0.389. The van der Waals surface area contributed by atoms with Gasteiger partial charge < -0.3 is 5.11 Å². The molecule has 1 heterocycles. The molecular weight excluding hydrogens is 246 g/mol. The molecule has 0 aliphatic rings. The van der Waals surface area contributed by atoms with Gasteiger partial charge in [0.05, 0.1) is 6.10 Å². The monoisotopic (exact) mass is 269 g/mol. The van der Waals surface area contributed by atoms with E-state index in [4.69, 9.17) is 0 Å². The molecule has 1 unspecified atom stereocenters. The standard InChI is InChI=1S/C18H23NO/c1-13-9-15(12-19-11-13)17(20)10-14-5-7-16(8-6-14)18(2,3)4/h5-9,11-12,17,20H,10H2,1-4H3. The first kappa shape index (κ1) is 14.7. The summed E-state index contributed by atoms with van der Waals surface area (Å²) >= 11 is 0. The third kappa shape index (κ3) is 3.67. The van der Waals surface area contributed by atoms with Crippen molar-refractivity contribution in [3.63, 3.8) is 0 Å².